The Balaban J connectivity index is 2.21. The highest BCUT2D eigenvalue weighted by molar-refractivity contribution is 5.50. The zero-order chi connectivity index (χ0) is 14.5. The molecule has 3 nitrogen and oxygen atoms in total. The molecule has 0 spiro atoms. The molecule has 0 unspecified atom stereocenters. The van der Waals surface area contributed by atoms with Crippen molar-refractivity contribution < 1.29 is 14.2 Å². The molecule has 0 amide bonds. The second-order valence-corrected chi connectivity index (χ2v) is 4.61. The number of halogens is 1. The lowest BCUT2D eigenvalue weighted by molar-refractivity contribution is 0.281. The van der Waals surface area contributed by atoms with Crippen molar-refractivity contribution in [3.05, 3.63) is 59.4 Å². The Morgan fingerprint density at radius 3 is 2.60 bits per heavy atom. The van der Waals surface area contributed by atoms with Crippen LogP contribution >= 0.6 is 0 Å². The average molecular weight is 275 g/mol. The zero-order valence-electron chi connectivity index (χ0n) is 11.6. The fourth-order valence-electron chi connectivity index (χ4n) is 2.13. The molecule has 106 valence electrons. The Morgan fingerprint density at radius 1 is 1.20 bits per heavy atom. The van der Waals surface area contributed by atoms with Crippen molar-refractivity contribution in [3.8, 4) is 5.75 Å². The van der Waals surface area contributed by atoms with Crippen molar-refractivity contribution in [2.45, 2.75) is 13.2 Å². The van der Waals surface area contributed by atoms with Gasteiger partial charge in [-0.2, -0.15) is 0 Å². The first-order chi connectivity index (χ1) is 9.65. The summed E-state index contributed by atoms with van der Waals surface area (Å²) < 4.78 is 19.3. The molecule has 2 aromatic carbocycles. The second kappa shape index (κ2) is 6.39. The van der Waals surface area contributed by atoms with Gasteiger partial charge < -0.3 is 14.7 Å². The lowest BCUT2D eigenvalue weighted by Gasteiger charge is -2.21. The van der Waals surface area contributed by atoms with E-state index in [-0.39, 0.29) is 12.4 Å². The zero-order valence-corrected chi connectivity index (χ0v) is 11.6. The van der Waals surface area contributed by atoms with Crippen LogP contribution < -0.4 is 9.64 Å². The maximum Gasteiger partial charge on any atom is 0.146 e. The molecule has 0 aliphatic heterocycles. The maximum absolute atomic E-state index is 14.0. The second-order valence-electron chi connectivity index (χ2n) is 4.61. The molecule has 0 aromatic heterocycles. The number of aliphatic hydroxyl groups is 1. The first-order valence-electron chi connectivity index (χ1n) is 6.38. The number of aliphatic hydroxyl groups excluding tert-OH is 1. The average Bonchev–Trinajstić information content (AvgIpc) is 2.47. The standard InChI is InChI=1S/C16H18FNO2/c1-18(10-13-5-3-4-6-16(13)20-2)15-8-7-12(11-19)9-14(15)17/h3-9,19H,10-11H2,1-2H3. The van der Waals surface area contributed by atoms with Gasteiger partial charge in [0, 0.05) is 19.2 Å². The largest absolute Gasteiger partial charge is 0.496 e. The summed E-state index contributed by atoms with van der Waals surface area (Å²) >= 11 is 0. The Bertz CT molecular complexity index is 586. The highest BCUT2D eigenvalue weighted by Gasteiger charge is 2.11. The van der Waals surface area contributed by atoms with Crippen molar-refractivity contribution in [1.82, 2.24) is 0 Å². The summed E-state index contributed by atoms with van der Waals surface area (Å²) in [4.78, 5) is 1.81. The number of methoxy groups -OCH3 is 1. The van der Waals surface area contributed by atoms with E-state index in [0.29, 0.717) is 17.8 Å². The van der Waals surface area contributed by atoms with Crippen molar-refractivity contribution in [1.29, 1.82) is 0 Å². The number of benzene rings is 2. The number of ether oxygens (including phenoxy) is 1. The van der Waals surface area contributed by atoms with Crippen molar-refractivity contribution in [3.63, 3.8) is 0 Å². The third-order valence-electron chi connectivity index (χ3n) is 3.21. The normalized spacial score (nSPS) is 10.4. The molecular weight excluding hydrogens is 257 g/mol. The van der Waals surface area contributed by atoms with Crippen LogP contribution in [0.1, 0.15) is 11.1 Å². The van der Waals surface area contributed by atoms with Gasteiger partial charge in [-0.3, -0.25) is 0 Å². The summed E-state index contributed by atoms with van der Waals surface area (Å²) in [5.41, 5.74) is 2.05. The van der Waals surface area contributed by atoms with Gasteiger partial charge in [0.25, 0.3) is 0 Å². The highest BCUT2D eigenvalue weighted by atomic mass is 19.1. The fraction of sp³-hybridized carbons (Fsp3) is 0.250. The van der Waals surface area contributed by atoms with Crippen molar-refractivity contribution in [2.75, 3.05) is 19.1 Å². The van der Waals surface area contributed by atoms with Gasteiger partial charge in [0.2, 0.25) is 0 Å². The van der Waals surface area contributed by atoms with Gasteiger partial charge >= 0.3 is 0 Å². The van der Waals surface area contributed by atoms with E-state index in [1.165, 1.54) is 6.07 Å². The van der Waals surface area contributed by atoms with Gasteiger partial charge in [-0.1, -0.05) is 24.3 Å². The maximum atomic E-state index is 14.0. The van der Waals surface area contributed by atoms with E-state index < -0.39 is 0 Å². The lowest BCUT2D eigenvalue weighted by Crippen LogP contribution is -2.18. The molecular formula is C16H18FNO2. The van der Waals surface area contributed by atoms with E-state index in [1.807, 2.05) is 36.2 Å². The van der Waals surface area contributed by atoms with E-state index in [9.17, 15) is 4.39 Å². The van der Waals surface area contributed by atoms with Crippen LogP contribution in [-0.4, -0.2) is 19.3 Å². The molecule has 2 rings (SSSR count). The van der Waals surface area contributed by atoms with Crippen LogP contribution in [-0.2, 0) is 13.2 Å². The number of anilines is 1. The van der Waals surface area contributed by atoms with E-state index >= 15 is 0 Å². The molecule has 0 heterocycles. The van der Waals surface area contributed by atoms with Crippen LogP contribution in [0.5, 0.6) is 5.75 Å². The SMILES string of the molecule is COc1ccccc1CN(C)c1ccc(CO)cc1F. The van der Waals surface area contributed by atoms with Gasteiger partial charge in [0.15, 0.2) is 0 Å². The van der Waals surface area contributed by atoms with E-state index in [0.717, 1.165) is 11.3 Å². The first kappa shape index (κ1) is 14.3. The molecule has 4 heteroatoms. The molecule has 0 radical (unpaired) electrons. The third kappa shape index (κ3) is 3.08. The smallest absolute Gasteiger partial charge is 0.146 e. The van der Waals surface area contributed by atoms with Gasteiger partial charge in [-0.05, 0) is 23.8 Å². The van der Waals surface area contributed by atoms with Crippen LogP contribution in [0.4, 0.5) is 10.1 Å². The first-order valence-corrected chi connectivity index (χ1v) is 6.38. The summed E-state index contributed by atoms with van der Waals surface area (Å²) in [6.07, 6.45) is 0. The topological polar surface area (TPSA) is 32.7 Å². The van der Waals surface area contributed by atoms with Crippen LogP contribution in [0, 0.1) is 5.82 Å². The summed E-state index contributed by atoms with van der Waals surface area (Å²) in [5, 5.41) is 9.00. The number of para-hydroxylation sites is 1. The molecule has 0 aliphatic carbocycles. The Hall–Kier alpha value is -2.07. The number of nitrogens with zero attached hydrogens (tertiary/aromatic N) is 1. The summed E-state index contributed by atoms with van der Waals surface area (Å²) in [6, 6.07) is 12.4. The Labute approximate surface area is 118 Å². The minimum absolute atomic E-state index is 0.159. The third-order valence-corrected chi connectivity index (χ3v) is 3.21. The van der Waals surface area contributed by atoms with Gasteiger partial charge in [0.1, 0.15) is 11.6 Å². The summed E-state index contributed by atoms with van der Waals surface area (Å²) in [6.45, 7) is 0.382. The predicted octanol–water partition coefficient (Wildman–Crippen LogP) is 2.96. The molecule has 0 bridgehead atoms. The van der Waals surface area contributed by atoms with Gasteiger partial charge in [0.05, 0.1) is 19.4 Å². The van der Waals surface area contributed by atoms with E-state index in [4.69, 9.17) is 9.84 Å². The van der Waals surface area contributed by atoms with Gasteiger partial charge in [-0.25, -0.2) is 4.39 Å². The summed E-state index contributed by atoms with van der Waals surface area (Å²) in [5.74, 6) is 0.445. The molecule has 20 heavy (non-hydrogen) atoms. The number of hydrogen-bond donors (Lipinski definition) is 1. The number of rotatable bonds is 5. The lowest BCUT2D eigenvalue weighted by atomic mass is 10.1. The highest BCUT2D eigenvalue weighted by Crippen LogP contribution is 2.24. The quantitative estimate of drug-likeness (QED) is 0.910. The molecule has 0 atom stereocenters. The summed E-state index contributed by atoms with van der Waals surface area (Å²) in [7, 11) is 3.44. The molecule has 0 saturated carbocycles. The number of hydrogen-bond acceptors (Lipinski definition) is 3. The van der Waals surface area contributed by atoms with Crippen LogP contribution in [0.25, 0.3) is 0 Å². The van der Waals surface area contributed by atoms with Crippen LogP contribution in [0.3, 0.4) is 0 Å². The molecule has 0 aliphatic rings. The van der Waals surface area contributed by atoms with Crippen LogP contribution in [0.2, 0.25) is 0 Å². The van der Waals surface area contributed by atoms with Crippen molar-refractivity contribution in [2.24, 2.45) is 0 Å². The van der Waals surface area contributed by atoms with E-state index in [2.05, 4.69) is 0 Å². The minimum atomic E-state index is -0.339. The van der Waals surface area contributed by atoms with E-state index in [1.54, 1.807) is 19.2 Å². The molecule has 2 aromatic rings. The Kier molecular flexibility index (Phi) is 4.58. The van der Waals surface area contributed by atoms with Gasteiger partial charge in [-0.15, -0.1) is 0 Å². The molecule has 0 saturated heterocycles. The minimum Gasteiger partial charge on any atom is -0.496 e. The monoisotopic (exact) mass is 275 g/mol. The Morgan fingerprint density at radius 2 is 1.95 bits per heavy atom. The molecule has 1 N–H and O–H groups in total. The predicted molar refractivity (Wildman–Crippen MR) is 77.4 cm³/mol. The van der Waals surface area contributed by atoms with Crippen molar-refractivity contribution >= 4 is 5.69 Å². The van der Waals surface area contributed by atoms with Crippen LogP contribution in [0.15, 0.2) is 42.5 Å². The fourth-order valence-corrected chi connectivity index (χ4v) is 2.13. The molecule has 0 fully saturated rings.